The van der Waals surface area contributed by atoms with Crippen molar-refractivity contribution < 1.29 is 14.4 Å². The molecule has 3 aromatic carbocycles. The summed E-state index contributed by atoms with van der Waals surface area (Å²) in [6, 6.07) is 23.1. The zero-order valence-corrected chi connectivity index (χ0v) is 24.0. The highest BCUT2D eigenvalue weighted by atomic mass is 79.9. The molecule has 2 saturated heterocycles. The number of rotatable bonds is 2. The maximum atomic E-state index is 14.3. The van der Waals surface area contributed by atoms with E-state index in [2.05, 4.69) is 38.8 Å². The number of amides is 3. The number of likely N-dealkylation sites (tertiary alicyclic amines) is 1. The van der Waals surface area contributed by atoms with Crippen LogP contribution in [0.15, 0.2) is 72.8 Å². The number of imide groups is 1. The second-order valence-corrected chi connectivity index (χ2v) is 13.5. The smallest absolute Gasteiger partial charge is 0.253 e. The lowest BCUT2D eigenvalue weighted by Crippen LogP contribution is -2.56. The summed E-state index contributed by atoms with van der Waals surface area (Å²) in [5, 5.41) is 0. The van der Waals surface area contributed by atoms with Crippen LogP contribution in [-0.4, -0.2) is 35.7 Å². The number of hydrogen-bond acceptors (Lipinski definition) is 3. The molecule has 2 heterocycles. The summed E-state index contributed by atoms with van der Waals surface area (Å²) in [5.74, 6) is -1.21. The molecule has 0 saturated carbocycles. The van der Waals surface area contributed by atoms with Crippen LogP contribution in [0.1, 0.15) is 52.4 Å². The number of anilines is 1. The predicted molar refractivity (Wildman–Crippen MR) is 153 cm³/mol. The van der Waals surface area contributed by atoms with Crippen LogP contribution in [0.3, 0.4) is 0 Å². The largest absolute Gasteiger partial charge is 0.339 e. The minimum atomic E-state index is -0.834. The molecule has 0 radical (unpaired) electrons. The average molecular weight is 634 g/mol. The highest BCUT2D eigenvalue weighted by Crippen LogP contribution is 2.70. The molecule has 38 heavy (non-hydrogen) atoms. The Morgan fingerprint density at radius 2 is 1.24 bits per heavy atom. The molecule has 5 aliphatic rings. The van der Waals surface area contributed by atoms with E-state index in [-0.39, 0.29) is 17.7 Å². The second-order valence-electron chi connectivity index (χ2n) is 11.0. The number of carbonyl (C=O) groups is 3. The van der Waals surface area contributed by atoms with Crippen molar-refractivity contribution in [2.45, 2.75) is 28.4 Å². The molecular formula is C31H26Br2N2O3. The van der Waals surface area contributed by atoms with Crippen LogP contribution in [-0.2, 0) is 18.2 Å². The molecule has 2 atom stereocenters. The minimum Gasteiger partial charge on any atom is -0.339 e. The van der Waals surface area contributed by atoms with Gasteiger partial charge in [0.05, 0.1) is 26.2 Å². The third kappa shape index (κ3) is 3.00. The van der Waals surface area contributed by atoms with E-state index in [4.69, 9.17) is 0 Å². The van der Waals surface area contributed by atoms with Crippen molar-refractivity contribution in [1.29, 1.82) is 0 Å². The molecule has 0 N–H and O–H groups in total. The van der Waals surface area contributed by atoms with Gasteiger partial charge in [-0.3, -0.25) is 14.4 Å². The van der Waals surface area contributed by atoms with Crippen LogP contribution in [0.5, 0.6) is 0 Å². The highest BCUT2D eigenvalue weighted by molar-refractivity contribution is 9.10. The minimum absolute atomic E-state index is 0.0518. The highest BCUT2D eigenvalue weighted by Gasteiger charge is 2.72. The summed E-state index contributed by atoms with van der Waals surface area (Å²) < 4.78 is -1.67. The first-order valence-corrected chi connectivity index (χ1v) is 14.7. The first-order chi connectivity index (χ1) is 18.3. The Balaban J connectivity index is 1.33. The fourth-order valence-corrected chi connectivity index (χ4v) is 9.40. The van der Waals surface area contributed by atoms with Crippen LogP contribution in [0.4, 0.5) is 5.69 Å². The number of carbonyl (C=O) groups excluding carboxylic acids is 3. The van der Waals surface area contributed by atoms with Gasteiger partial charge in [-0.05, 0) is 59.2 Å². The average Bonchev–Trinajstić information content (AvgIpc) is 3.22. The Morgan fingerprint density at radius 1 is 0.763 bits per heavy atom. The van der Waals surface area contributed by atoms with Crippen LogP contribution >= 0.6 is 31.9 Å². The SMILES string of the molecule is CC1CCN(C(=O)c2cccc(N3C(=O)[C@@H]4[C@@H](C3=O)C3(Br)c5ccccc5C4(Br)c4ccccc43)c2)CC1. The number of halogens is 2. The van der Waals surface area contributed by atoms with Gasteiger partial charge in [0.1, 0.15) is 0 Å². The van der Waals surface area contributed by atoms with Crippen LogP contribution in [0.25, 0.3) is 0 Å². The van der Waals surface area contributed by atoms with E-state index in [1.165, 1.54) is 4.90 Å². The number of piperidine rings is 1. The summed E-state index contributed by atoms with van der Waals surface area (Å²) in [7, 11) is 0. The molecule has 3 amide bonds. The zero-order valence-electron chi connectivity index (χ0n) is 20.9. The number of hydrogen-bond donors (Lipinski definition) is 0. The van der Waals surface area contributed by atoms with Crippen LogP contribution in [0.2, 0.25) is 0 Å². The molecule has 7 heteroatoms. The van der Waals surface area contributed by atoms with Gasteiger partial charge in [0, 0.05) is 18.7 Å². The first kappa shape index (κ1) is 24.3. The van der Waals surface area contributed by atoms with Crippen LogP contribution in [0, 0.1) is 17.8 Å². The molecule has 3 aliphatic carbocycles. The number of alkyl halides is 2. The Morgan fingerprint density at radius 3 is 1.71 bits per heavy atom. The lowest BCUT2D eigenvalue weighted by Gasteiger charge is -2.55. The van der Waals surface area contributed by atoms with E-state index in [0.29, 0.717) is 17.2 Å². The second kappa shape index (κ2) is 8.36. The van der Waals surface area contributed by atoms with Gasteiger partial charge in [-0.15, -0.1) is 0 Å². The molecule has 0 aromatic heterocycles. The maximum absolute atomic E-state index is 14.3. The molecule has 2 aliphatic heterocycles. The van der Waals surface area contributed by atoms with Gasteiger partial charge in [0.25, 0.3) is 5.91 Å². The fraction of sp³-hybridized carbons (Fsp3) is 0.323. The summed E-state index contributed by atoms with van der Waals surface area (Å²) in [6.07, 6.45) is 1.97. The fourth-order valence-electron chi connectivity index (χ4n) is 7.09. The molecule has 192 valence electrons. The summed E-state index contributed by atoms with van der Waals surface area (Å²) in [4.78, 5) is 45.1. The first-order valence-electron chi connectivity index (χ1n) is 13.1. The van der Waals surface area contributed by atoms with E-state index in [9.17, 15) is 14.4 Å². The van der Waals surface area contributed by atoms with E-state index in [0.717, 1.165) is 48.2 Å². The van der Waals surface area contributed by atoms with Crippen molar-refractivity contribution in [3.05, 3.63) is 101 Å². The molecule has 0 unspecified atom stereocenters. The topological polar surface area (TPSA) is 57.7 Å². The molecule has 2 fully saturated rings. The molecule has 2 bridgehead atoms. The van der Waals surface area contributed by atoms with Crippen molar-refractivity contribution in [2.75, 3.05) is 18.0 Å². The van der Waals surface area contributed by atoms with Gasteiger partial charge in [-0.1, -0.05) is 93.4 Å². The van der Waals surface area contributed by atoms with Gasteiger partial charge < -0.3 is 4.90 Å². The molecular weight excluding hydrogens is 608 g/mol. The maximum Gasteiger partial charge on any atom is 0.253 e. The molecule has 8 rings (SSSR count). The Bertz CT molecular complexity index is 1410. The third-order valence-electron chi connectivity index (χ3n) is 9.01. The predicted octanol–water partition coefficient (Wildman–Crippen LogP) is 5.97. The standard InChI is InChI=1S/C31H26Br2N2O3/c1-18-13-15-34(16-14-18)27(36)19-7-6-8-20(17-19)35-28(37)25-26(29(35)38)31(33)22-10-3-2-9-21(22)30(25,32)23-11-4-5-12-24(23)31/h2-12,17-18,25-26H,13-16H2,1H3/t25-,26-,30?,31?/m0/s1. The van der Waals surface area contributed by atoms with E-state index >= 15 is 0 Å². The van der Waals surface area contributed by atoms with Crippen molar-refractivity contribution in [2.24, 2.45) is 17.8 Å². The Kier molecular flexibility index (Phi) is 5.34. The van der Waals surface area contributed by atoms with Gasteiger partial charge >= 0.3 is 0 Å². The lowest BCUT2D eigenvalue weighted by molar-refractivity contribution is -0.122. The number of benzene rings is 3. The Labute approximate surface area is 238 Å². The normalized spacial score (nSPS) is 29.8. The van der Waals surface area contributed by atoms with Crippen molar-refractivity contribution >= 4 is 55.3 Å². The van der Waals surface area contributed by atoms with Gasteiger partial charge in [-0.2, -0.15) is 0 Å². The summed E-state index contributed by atoms with van der Waals surface area (Å²) in [6.45, 7) is 3.67. The monoisotopic (exact) mass is 632 g/mol. The third-order valence-corrected chi connectivity index (χ3v) is 11.7. The van der Waals surface area contributed by atoms with Crippen LogP contribution < -0.4 is 4.90 Å². The molecule has 3 aromatic rings. The van der Waals surface area contributed by atoms with Gasteiger partial charge in [0.2, 0.25) is 11.8 Å². The summed E-state index contributed by atoms with van der Waals surface area (Å²) in [5.41, 5.74) is 4.96. The van der Waals surface area contributed by atoms with Gasteiger partial charge in [-0.25, -0.2) is 4.90 Å². The van der Waals surface area contributed by atoms with Gasteiger partial charge in [0.15, 0.2) is 0 Å². The van der Waals surface area contributed by atoms with E-state index in [1.54, 1.807) is 24.3 Å². The number of nitrogens with zero attached hydrogens (tertiary/aromatic N) is 2. The Hall–Kier alpha value is -2.77. The van der Waals surface area contributed by atoms with Crippen molar-refractivity contribution in [3.63, 3.8) is 0 Å². The van der Waals surface area contributed by atoms with E-state index < -0.39 is 20.5 Å². The molecule has 5 nitrogen and oxygen atoms in total. The van der Waals surface area contributed by atoms with Crippen molar-refractivity contribution in [3.8, 4) is 0 Å². The summed E-state index contributed by atoms with van der Waals surface area (Å²) >= 11 is 8.09. The lowest BCUT2D eigenvalue weighted by atomic mass is 9.54. The zero-order chi connectivity index (χ0) is 26.4. The molecule has 0 spiro atoms. The quantitative estimate of drug-likeness (QED) is 0.258. The van der Waals surface area contributed by atoms with E-state index in [1.807, 2.05) is 53.4 Å². The van der Waals surface area contributed by atoms with Crippen molar-refractivity contribution in [1.82, 2.24) is 4.90 Å².